The summed E-state index contributed by atoms with van der Waals surface area (Å²) in [5.74, 6) is -0.111. The van der Waals surface area contributed by atoms with Gasteiger partial charge < -0.3 is 9.66 Å². The number of thiophene rings is 2. The Bertz CT molecular complexity index is 1610. The van der Waals surface area contributed by atoms with Crippen LogP contribution in [0, 0.1) is 0 Å². The number of rotatable bonds is 8. The van der Waals surface area contributed by atoms with Crippen molar-refractivity contribution in [1.82, 2.24) is 0 Å². The Hall–Kier alpha value is -3.04. The molecule has 1 aliphatic heterocycles. The molecule has 0 saturated carbocycles. The van der Waals surface area contributed by atoms with E-state index in [4.69, 9.17) is 0 Å². The Balaban J connectivity index is 0.00000336. The molecule has 0 amide bonds. The van der Waals surface area contributed by atoms with Crippen molar-refractivity contribution < 1.29 is 22.7 Å². The van der Waals surface area contributed by atoms with Crippen molar-refractivity contribution in [3.63, 3.8) is 0 Å². The monoisotopic (exact) mass is 565 g/mol. The van der Waals surface area contributed by atoms with E-state index in [2.05, 4.69) is 67.0 Å². The van der Waals surface area contributed by atoms with Gasteiger partial charge in [-0.3, -0.25) is 0 Å². The lowest BCUT2D eigenvalue weighted by Crippen LogP contribution is -2.28. The van der Waals surface area contributed by atoms with Gasteiger partial charge in [0.15, 0.2) is 5.71 Å². The molecule has 0 unspecified atom stereocenters. The molecule has 5 rings (SSSR count). The molecule has 1 aliphatic rings. The Morgan fingerprint density at radius 1 is 0.895 bits per heavy atom. The van der Waals surface area contributed by atoms with Crippen LogP contribution >= 0.6 is 22.7 Å². The highest BCUT2D eigenvalue weighted by Gasteiger charge is 2.43. The summed E-state index contributed by atoms with van der Waals surface area (Å²) in [6.45, 7) is 4.81. The topological polar surface area (TPSA) is 80.4 Å². The number of hydrogen-bond donors (Lipinski definition) is 1. The maximum atomic E-state index is 11.2. The first kappa shape index (κ1) is 28.0. The third kappa shape index (κ3) is 5.83. The molecule has 8 heteroatoms. The molecule has 5 nitrogen and oxygen atoms in total. The van der Waals surface area contributed by atoms with E-state index in [-0.39, 0.29) is 30.8 Å². The van der Waals surface area contributed by atoms with Gasteiger partial charge in [-0.15, -0.1) is 22.7 Å². The largest absolute Gasteiger partial charge is 0.748 e. The van der Waals surface area contributed by atoms with E-state index in [1.54, 1.807) is 34.8 Å². The second-order valence-electron chi connectivity index (χ2n) is 9.54. The van der Waals surface area contributed by atoms with Gasteiger partial charge in [0, 0.05) is 49.4 Å². The molecule has 4 aromatic rings. The highest BCUT2D eigenvalue weighted by Crippen LogP contribution is 2.41. The summed E-state index contributed by atoms with van der Waals surface area (Å²) >= 11 is 3.44. The van der Waals surface area contributed by atoms with Crippen LogP contribution in [0.1, 0.15) is 38.1 Å². The SMILES string of the molecule is C.CC1(C)C(/C=C/c2ccc(-c3ccc(-c4ccc(O)cc4)s3)s2)=[N+](CCCS(=O)(=O)[O-])c2ccccc21. The normalized spacial score (nSPS) is 14.6. The van der Waals surface area contributed by atoms with Crippen molar-refractivity contribution in [2.24, 2.45) is 0 Å². The van der Waals surface area contributed by atoms with Crippen LogP contribution in [0.3, 0.4) is 0 Å². The first-order chi connectivity index (χ1) is 17.6. The van der Waals surface area contributed by atoms with Crippen LogP contribution in [0.5, 0.6) is 5.75 Å². The maximum Gasteiger partial charge on any atom is 0.209 e. The minimum absolute atomic E-state index is 0. The van der Waals surface area contributed by atoms with Gasteiger partial charge in [0.25, 0.3) is 0 Å². The molecule has 0 radical (unpaired) electrons. The molecule has 0 atom stereocenters. The molecule has 3 heterocycles. The number of phenolic OH excluding ortho intramolecular Hbond substituents is 1. The second kappa shape index (κ2) is 11.0. The van der Waals surface area contributed by atoms with Crippen LogP contribution in [0.15, 0.2) is 78.9 Å². The van der Waals surface area contributed by atoms with Crippen LogP contribution in [0.4, 0.5) is 5.69 Å². The molecule has 0 aliphatic carbocycles. The van der Waals surface area contributed by atoms with Crippen molar-refractivity contribution >= 4 is 50.3 Å². The predicted molar refractivity (Wildman–Crippen MR) is 159 cm³/mol. The minimum Gasteiger partial charge on any atom is -0.748 e. The van der Waals surface area contributed by atoms with E-state index < -0.39 is 10.1 Å². The number of benzene rings is 2. The number of fused-ring (bicyclic) bond motifs is 1. The highest BCUT2D eigenvalue weighted by molar-refractivity contribution is 7.85. The first-order valence-electron chi connectivity index (χ1n) is 12.0. The standard InChI is InChI=1S/C29H27NO4S3.CH4/c1-29(2)23-6-3-4-7-24(23)30(18-5-19-37(32,33)34)28(29)17-13-22-12-14-26(35-22)27-16-15-25(36-27)20-8-10-21(31)11-9-20;/h3-4,6-17H,5,18-19H2,1-2H3,(H,32,33,34);1H4. The molecule has 0 fully saturated rings. The fraction of sp³-hybridized carbons (Fsp3) is 0.233. The van der Waals surface area contributed by atoms with Crippen LogP contribution in [-0.2, 0) is 15.5 Å². The third-order valence-electron chi connectivity index (χ3n) is 6.61. The number of phenols is 1. The number of allylic oxidation sites excluding steroid dienone is 1. The van der Waals surface area contributed by atoms with Crippen molar-refractivity contribution in [2.75, 3.05) is 12.3 Å². The van der Waals surface area contributed by atoms with Gasteiger partial charge in [0.1, 0.15) is 12.3 Å². The van der Waals surface area contributed by atoms with Gasteiger partial charge in [-0.1, -0.05) is 25.6 Å². The first-order valence-corrected chi connectivity index (χ1v) is 15.2. The highest BCUT2D eigenvalue weighted by atomic mass is 32.2. The minimum atomic E-state index is -4.25. The Morgan fingerprint density at radius 3 is 2.29 bits per heavy atom. The van der Waals surface area contributed by atoms with Crippen LogP contribution in [-0.4, -0.2) is 40.7 Å². The smallest absolute Gasteiger partial charge is 0.209 e. The quantitative estimate of drug-likeness (QED) is 0.177. The van der Waals surface area contributed by atoms with Gasteiger partial charge in [-0.25, -0.2) is 8.42 Å². The van der Waals surface area contributed by atoms with Gasteiger partial charge in [0.05, 0.1) is 15.5 Å². The Labute approximate surface area is 232 Å². The zero-order chi connectivity index (χ0) is 26.2. The Kier molecular flexibility index (Phi) is 8.09. The van der Waals surface area contributed by atoms with Crippen molar-refractivity contribution in [3.8, 4) is 25.9 Å². The lowest BCUT2D eigenvalue weighted by atomic mass is 9.81. The second-order valence-corrected chi connectivity index (χ2v) is 13.3. The summed E-state index contributed by atoms with van der Waals surface area (Å²) < 4.78 is 35.7. The average Bonchev–Trinajstić information content (AvgIpc) is 3.56. The number of nitrogens with zero attached hydrogens (tertiary/aromatic N) is 1. The van der Waals surface area contributed by atoms with Crippen molar-refractivity contribution in [3.05, 3.63) is 89.3 Å². The number of hydrogen-bond acceptors (Lipinski definition) is 6. The van der Waals surface area contributed by atoms with E-state index in [1.807, 2.05) is 24.3 Å². The van der Waals surface area contributed by atoms with E-state index >= 15 is 0 Å². The fourth-order valence-corrected chi connectivity index (χ4v) is 7.26. The molecule has 1 N–H and O–H groups in total. The van der Waals surface area contributed by atoms with Crippen LogP contribution in [0.2, 0.25) is 0 Å². The molecule has 2 aromatic heterocycles. The van der Waals surface area contributed by atoms with Crippen LogP contribution < -0.4 is 0 Å². The Morgan fingerprint density at radius 2 is 1.55 bits per heavy atom. The van der Waals surface area contributed by atoms with Crippen LogP contribution in [0.25, 0.3) is 26.3 Å². The molecular formula is C30H31NO4S3. The lowest BCUT2D eigenvalue weighted by molar-refractivity contribution is -0.437. The van der Waals surface area contributed by atoms with Crippen molar-refractivity contribution in [1.29, 1.82) is 0 Å². The molecule has 0 spiro atoms. The molecular weight excluding hydrogens is 535 g/mol. The van der Waals surface area contributed by atoms with E-state index in [9.17, 15) is 18.1 Å². The summed E-state index contributed by atoms with van der Waals surface area (Å²) in [5.41, 5.74) is 4.15. The molecule has 2 aromatic carbocycles. The molecule has 0 saturated heterocycles. The summed E-state index contributed by atoms with van der Waals surface area (Å²) in [4.78, 5) is 4.65. The van der Waals surface area contributed by atoms with Gasteiger partial charge in [-0.2, -0.15) is 4.58 Å². The summed E-state index contributed by atoms with van der Waals surface area (Å²) in [6.07, 6.45) is 4.51. The summed E-state index contributed by atoms with van der Waals surface area (Å²) in [7, 11) is -4.25. The maximum absolute atomic E-state index is 11.2. The zero-order valence-electron chi connectivity index (χ0n) is 20.5. The van der Waals surface area contributed by atoms with E-state index in [0.717, 1.165) is 26.7 Å². The molecule has 198 valence electrons. The number of para-hydroxylation sites is 1. The molecule has 38 heavy (non-hydrogen) atoms. The predicted octanol–water partition coefficient (Wildman–Crippen LogP) is 7.51. The van der Waals surface area contributed by atoms with Gasteiger partial charge >= 0.3 is 0 Å². The lowest BCUT2D eigenvalue weighted by Gasteiger charge is -2.15. The third-order valence-corrected chi connectivity index (χ3v) is 9.78. The van der Waals surface area contributed by atoms with Gasteiger partial charge in [-0.05, 0) is 74.0 Å². The van der Waals surface area contributed by atoms with E-state index in [1.165, 1.54) is 15.3 Å². The van der Waals surface area contributed by atoms with Crippen molar-refractivity contribution in [2.45, 2.75) is 33.1 Å². The van der Waals surface area contributed by atoms with Gasteiger partial charge in [0.2, 0.25) is 5.69 Å². The fourth-order valence-electron chi connectivity index (χ4n) is 4.77. The van der Waals surface area contributed by atoms with E-state index in [0.29, 0.717) is 6.54 Å². The number of aromatic hydroxyl groups is 1. The average molecular weight is 566 g/mol. The zero-order valence-corrected chi connectivity index (χ0v) is 23.0. The summed E-state index contributed by atoms with van der Waals surface area (Å²) in [6, 6.07) is 23.9. The molecule has 0 bridgehead atoms. The summed E-state index contributed by atoms with van der Waals surface area (Å²) in [5, 5.41) is 9.55.